The molecule has 10 heteroatoms. The Morgan fingerprint density at radius 3 is 2.69 bits per heavy atom. The third kappa shape index (κ3) is 3.37. The molecule has 1 saturated heterocycles. The molecule has 2 aliphatic heterocycles. The molecule has 7 nitrogen and oxygen atoms in total. The van der Waals surface area contributed by atoms with Crippen LogP contribution in [0.5, 0.6) is 0 Å². The van der Waals surface area contributed by atoms with Gasteiger partial charge in [0.25, 0.3) is 10.0 Å². The van der Waals surface area contributed by atoms with E-state index in [0.717, 1.165) is 27.5 Å². The Bertz CT molecular complexity index is 1030. The molecule has 2 fully saturated rings. The molecule has 2 aromatic rings. The number of nitrogens with zero attached hydrogens (tertiary/aromatic N) is 3. The first-order chi connectivity index (χ1) is 13.8. The van der Waals surface area contributed by atoms with Crippen LogP contribution in [0.2, 0.25) is 0 Å². The van der Waals surface area contributed by atoms with Gasteiger partial charge in [-0.15, -0.1) is 0 Å². The van der Waals surface area contributed by atoms with E-state index in [1.165, 1.54) is 6.07 Å². The molecule has 0 radical (unpaired) electrons. The van der Waals surface area contributed by atoms with E-state index >= 15 is 0 Å². The maximum absolute atomic E-state index is 14.1. The second-order valence-electron chi connectivity index (χ2n) is 8.23. The molecule has 1 unspecified atom stereocenters. The molecular weight excluding hydrogens is 400 g/mol. The number of hydrogen-bond acceptors (Lipinski definition) is 6. The predicted octanol–water partition coefficient (Wildman–Crippen LogP) is 1.25. The topological polar surface area (TPSA) is 93.2 Å². The maximum atomic E-state index is 14.1. The van der Waals surface area contributed by atoms with Gasteiger partial charge in [-0.2, -0.15) is 9.19 Å². The van der Waals surface area contributed by atoms with Gasteiger partial charge in [0.05, 0.1) is 17.0 Å². The minimum atomic E-state index is -3.35. The summed E-state index contributed by atoms with van der Waals surface area (Å²) in [4.78, 5) is 2.21. The van der Waals surface area contributed by atoms with Crippen LogP contribution in [-0.2, 0) is 23.1 Å². The number of halogens is 2. The Kier molecular flexibility index (Phi) is 4.50. The summed E-state index contributed by atoms with van der Waals surface area (Å²) >= 11 is 0. The van der Waals surface area contributed by atoms with Gasteiger partial charge in [-0.1, -0.05) is 0 Å². The van der Waals surface area contributed by atoms with E-state index in [1.54, 1.807) is 6.20 Å². The lowest BCUT2D eigenvalue weighted by molar-refractivity contribution is 0.137. The van der Waals surface area contributed by atoms with Crippen molar-refractivity contribution >= 4 is 10.0 Å². The van der Waals surface area contributed by atoms with Crippen LogP contribution in [0, 0.1) is 11.6 Å². The molecule has 3 N–H and O–H groups in total. The SMILES string of the molecule is N[C@H]1C[C@@H](N2Cc3cn(S(=O)(=O)C4CC4)nc3C2)CNC1c1cc(F)ccc1F. The highest BCUT2D eigenvalue weighted by Gasteiger charge is 2.40. The number of rotatable bonds is 4. The summed E-state index contributed by atoms with van der Waals surface area (Å²) in [6.45, 7) is 1.74. The predicted molar refractivity (Wildman–Crippen MR) is 102 cm³/mol. The number of nitrogens with one attached hydrogen (secondary N) is 1. The molecule has 5 rings (SSSR count). The summed E-state index contributed by atoms with van der Waals surface area (Å²) in [5, 5.41) is 7.29. The molecule has 156 valence electrons. The summed E-state index contributed by atoms with van der Waals surface area (Å²) in [6, 6.07) is 2.72. The molecule has 1 aromatic heterocycles. The van der Waals surface area contributed by atoms with Crippen LogP contribution in [0.3, 0.4) is 0 Å². The van der Waals surface area contributed by atoms with Crippen LogP contribution >= 0.6 is 0 Å². The molecule has 0 amide bonds. The van der Waals surface area contributed by atoms with Gasteiger partial charge in [0.2, 0.25) is 0 Å². The minimum absolute atomic E-state index is 0.112. The molecule has 0 spiro atoms. The molecule has 1 aliphatic carbocycles. The van der Waals surface area contributed by atoms with Crippen LogP contribution in [0.25, 0.3) is 0 Å². The monoisotopic (exact) mass is 423 g/mol. The van der Waals surface area contributed by atoms with E-state index in [9.17, 15) is 17.2 Å². The number of hydrogen-bond donors (Lipinski definition) is 2. The van der Waals surface area contributed by atoms with Gasteiger partial charge in [0, 0.05) is 49.0 Å². The largest absolute Gasteiger partial charge is 0.326 e. The van der Waals surface area contributed by atoms with E-state index in [0.29, 0.717) is 38.9 Å². The van der Waals surface area contributed by atoms with Crippen molar-refractivity contribution < 1.29 is 17.2 Å². The van der Waals surface area contributed by atoms with Crippen molar-refractivity contribution in [2.75, 3.05) is 6.54 Å². The standard InChI is InChI=1S/C19H23F2N5O2S/c20-12-1-4-16(21)15(5-12)19-17(22)6-13(7-23-19)25-8-11-9-26(24-18(11)10-25)29(27,28)14-2-3-14/h1,4-5,9,13-14,17,19,23H,2-3,6-8,10,22H2/t13-,17+,19?/m1/s1. The van der Waals surface area contributed by atoms with Crippen molar-refractivity contribution in [2.24, 2.45) is 5.73 Å². The van der Waals surface area contributed by atoms with Crippen LogP contribution in [0.4, 0.5) is 8.78 Å². The van der Waals surface area contributed by atoms with E-state index in [1.807, 2.05) is 0 Å². The Balaban J connectivity index is 1.26. The lowest BCUT2D eigenvalue weighted by atomic mass is 9.89. The lowest BCUT2D eigenvalue weighted by Gasteiger charge is -2.39. The van der Waals surface area contributed by atoms with Crippen molar-refractivity contribution in [3.8, 4) is 0 Å². The Hall–Kier alpha value is -1.88. The molecule has 29 heavy (non-hydrogen) atoms. The summed E-state index contributed by atoms with van der Waals surface area (Å²) in [7, 11) is -3.35. The Labute approximate surface area is 167 Å². The van der Waals surface area contributed by atoms with Crippen LogP contribution in [-0.4, -0.2) is 46.4 Å². The molecule has 3 atom stereocenters. The lowest BCUT2D eigenvalue weighted by Crippen LogP contribution is -2.54. The molecule has 3 heterocycles. The number of benzene rings is 1. The van der Waals surface area contributed by atoms with Gasteiger partial charge in [0.15, 0.2) is 0 Å². The second-order valence-corrected chi connectivity index (χ2v) is 10.3. The van der Waals surface area contributed by atoms with Gasteiger partial charge < -0.3 is 11.1 Å². The van der Waals surface area contributed by atoms with Gasteiger partial charge in [0.1, 0.15) is 11.6 Å². The third-order valence-corrected chi connectivity index (χ3v) is 8.17. The number of piperidine rings is 1. The molecule has 0 bridgehead atoms. The average molecular weight is 423 g/mol. The summed E-state index contributed by atoms with van der Waals surface area (Å²) in [5.41, 5.74) is 8.26. The quantitative estimate of drug-likeness (QED) is 0.769. The van der Waals surface area contributed by atoms with Crippen molar-refractivity contribution in [3.63, 3.8) is 0 Å². The minimum Gasteiger partial charge on any atom is -0.326 e. The fourth-order valence-electron chi connectivity index (χ4n) is 4.38. The Morgan fingerprint density at radius 2 is 2.00 bits per heavy atom. The van der Waals surface area contributed by atoms with Gasteiger partial charge in [-0.25, -0.2) is 17.2 Å². The summed E-state index contributed by atoms with van der Waals surface area (Å²) in [5.74, 6) is -0.953. The normalized spacial score (nSPS) is 27.9. The van der Waals surface area contributed by atoms with Gasteiger partial charge in [-0.05, 0) is 37.5 Å². The van der Waals surface area contributed by atoms with E-state index in [2.05, 4.69) is 15.3 Å². The highest BCUT2D eigenvalue weighted by atomic mass is 32.2. The second kappa shape index (κ2) is 6.83. The molecule has 1 saturated carbocycles. The van der Waals surface area contributed by atoms with Crippen molar-refractivity contribution in [1.29, 1.82) is 0 Å². The first-order valence-corrected chi connectivity index (χ1v) is 11.3. The van der Waals surface area contributed by atoms with Gasteiger partial charge in [-0.3, -0.25) is 4.90 Å². The van der Waals surface area contributed by atoms with E-state index < -0.39 is 27.7 Å². The van der Waals surface area contributed by atoms with Crippen LogP contribution in [0.1, 0.15) is 42.1 Å². The smallest absolute Gasteiger partial charge is 0.256 e. The maximum Gasteiger partial charge on any atom is 0.256 e. The van der Waals surface area contributed by atoms with E-state index in [4.69, 9.17) is 5.73 Å². The van der Waals surface area contributed by atoms with Crippen molar-refractivity contribution in [3.05, 3.63) is 52.9 Å². The summed E-state index contributed by atoms with van der Waals surface area (Å²) < 4.78 is 53.5. The zero-order valence-electron chi connectivity index (χ0n) is 15.8. The van der Waals surface area contributed by atoms with Gasteiger partial charge >= 0.3 is 0 Å². The zero-order chi connectivity index (χ0) is 20.3. The fourth-order valence-corrected chi connectivity index (χ4v) is 5.90. The molecule has 1 aromatic carbocycles. The average Bonchev–Trinajstić information content (AvgIpc) is 3.35. The number of aromatic nitrogens is 2. The first kappa shape index (κ1) is 19.1. The fraction of sp³-hybridized carbons (Fsp3) is 0.526. The van der Waals surface area contributed by atoms with Crippen LogP contribution < -0.4 is 11.1 Å². The molecular formula is C19H23F2N5O2S. The van der Waals surface area contributed by atoms with Crippen LogP contribution in [0.15, 0.2) is 24.4 Å². The van der Waals surface area contributed by atoms with Crippen molar-refractivity contribution in [1.82, 2.24) is 19.4 Å². The third-order valence-electron chi connectivity index (χ3n) is 6.14. The zero-order valence-corrected chi connectivity index (χ0v) is 16.6. The van der Waals surface area contributed by atoms with Crippen molar-refractivity contribution in [2.45, 2.75) is 55.7 Å². The number of nitrogens with two attached hydrogens (primary N) is 1. The molecule has 3 aliphatic rings. The first-order valence-electron chi connectivity index (χ1n) is 9.82. The number of fused-ring (bicyclic) bond motifs is 1. The summed E-state index contributed by atoms with van der Waals surface area (Å²) in [6.07, 6.45) is 3.66. The Morgan fingerprint density at radius 1 is 1.21 bits per heavy atom. The highest BCUT2D eigenvalue weighted by Crippen LogP contribution is 2.33. The van der Waals surface area contributed by atoms with E-state index in [-0.39, 0.29) is 22.9 Å². The highest BCUT2D eigenvalue weighted by molar-refractivity contribution is 7.90.